The van der Waals surface area contributed by atoms with Gasteiger partial charge >= 0.3 is 0 Å². The summed E-state index contributed by atoms with van der Waals surface area (Å²) in [7, 11) is 0. The van der Waals surface area contributed by atoms with E-state index in [2.05, 4.69) is 53.7 Å². The van der Waals surface area contributed by atoms with E-state index in [1.165, 1.54) is 41.8 Å². The van der Waals surface area contributed by atoms with E-state index in [0.29, 0.717) is 4.83 Å². The molecule has 0 radical (unpaired) electrons. The molecule has 0 N–H and O–H groups in total. The Balaban J connectivity index is 2.15. The minimum Gasteiger partial charge on any atom is -0.298 e. The molecule has 2 heteroatoms. The van der Waals surface area contributed by atoms with E-state index < -0.39 is 0 Å². The van der Waals surface area contributed by atoms with Crippen LogP contribution >= 0.6 is 15.9 Å². The number of benzene rings is 1. The zero-order valence-electron chi connectivity index (χ0n) is 10.4. The van der Waals surface area contributed by atoms with Crippen molar-refractivity contribution in [3.8, 4) is 0 Å². The van der Waals surface area contributed by atoms with Gasteiger partial charge in [-0.25, -0.2) is 0 Å². The fraction of sp³-hybridized carbons (Fsp3) is 0.571. The fourth-order valence-corrected chi connectivity index (χ4v) is 3.23. The summed E-state index contributed by atoms with van der Waals surface area (Å²) >= 11 is 3.70. The smallest absolute Gasteiger partial charge is 0.0285 e. The maximum Gasteiger partial charge on any atom is 0.0285 e. The Morgan fingerprint density at radius 1 is 1.25 bits per heavy atom. The van der Waals surface area contributed by atoms with Crippen LogP contribution in [0.15, 0.2) is 12.1 Å². The largest absolute Gasteiger partial charge is 0.298 e. The van der Waals surface area contributed by atoms with Gasteiger partial charge in [0, 0.05) is 17.9 Å². The molecule has 1 aliphatic rings. The van der Waals surface area contributed by atoms with Crippen molar-refractivity contribution in [1.29, 1.82) is 0 Å². The van der Waals surface area contributed by atoms with Crippen LogP contribution in [-0.2, 0) is 6.54 Å². The molecule has 0 saturated carbocycles. The lowest BCUT2D eigenvalue weighted by Crippen LogP contribution is -2.21. The van der Waals surface area contributed by atoms with Crippen LogP contribution in [0, 0.1) is 20.8 Å². The summed E-state index contributed by atoms with van der Waals surface area (Å²) in [5.74, 6) is 0. The van der Waals surface area contributed by atoms with Gasteiger partial charge in [0.2, 0.25) is 0 Å². The van der Waals surface area contributed by atoms with Crippen LogP contribution in [0.3, 0.4) is 0 Å². The first-order chi connectivity index (χ1) is 7.56. The summed E-state index contributed by atoms with van der Waals surface area (Å²) in [6.45, 7) is 10.2. The van der Waals surface area contributed by atoms with Gasteiger partial charge in [-0.15, -0.1) is 0 Å². The second-order valence-electron chi connectivity index (χ2n) is 5.00. The summed E-state index contributed by atoms with van der Waals surface area (Å²) in [5, 5.41) is 0. The summed E-state index contributed by atoms with van der Waals surface area (Å²) in [6, 6.07) is 4.59. The highest BCUT2D eigenvalue weighted by Crippen LogP contribution is 2.23. The van der Waals surface area contributed by atoms with E-state index in [1.54, 1.807) is 0 Å². The van der Waals surface area contributed by atoms with Gasteiger partial charge in [0.1, 0.15) is 0 Å². The molecule has 1 unspecified atom stereocenters. The van der Waals surface area contributed by atoms with Crippen LogP contribution < -0.4 is 0 Å². The molecule has 1 aromatic rings. The van der Waals surface area contributed by atoms with E-state index in [0.717, 1.165) is 6.54 Å². The molecule has 1 saturated heterocycles. The summed E-state index contributed by atoms with van der Waals surface area (Å²) < 4.78 is 0. The molecule has 88 valence electrons. The molecule has 0 aliphatic carbocycles. The Labute approximate surface area is 107 Å². The van der Waals surface area contributed by atoms with Crippen molar-refractivity contribution in [2.45, 2.75) is 38.6 Å². The van der Waals surface area contributed by atoms with Gasteiger partial charge in [0.05, 0.1) is 0 Å². The first-order valence-corrected chi connectivity index (χ1v) is 6.91. The first-order valence-electron chi connectivity index (χ1n) is 5.99. The Morgan fingerprint density at radius 3 is 2.38 bits per heavy atom. The van der Waals surface area contributed by atoms with Crippen molar-refractivity contribution in [2.75, 3.05) is 13.1 Å². The lowest BCUT2D eigenvalue weighted by Gasteiger charge is -2.19. The van der Waals surface area contributed by atoms with E-state index in [-0.39, 0.29) is 0 Å². The highest BCUT2D eigenvalue weighted by Gasteiger charge is 2.20. The van der Waals surface area contributed by atoms with Crippen LogP contribution in [0.2, 0.25) is 0 Å². The number of halogens is 1. The van der Waals surface area contributed by atoms with E-state index in [9.17, 15) is 0 Å². The SMILES string of the molecule is Cc1cc(C)c(CN2CCC(Br)C2)c(C)c1. The molecule has 1 nitrogen and oxygen atoms in total. The van der Waals surface area contributed by atoms with Crippen molar-refractivity contribution in [1.82, 2.24) is 4.90 Å². The molecule has 16 heavy (non-hydrogen) atoms. The molecule has 0 spiro atoms. The van der Waals surface area contributed by atoms with Crippen molar-refractivity contribution >= 4 is 15.9 Å². The fourth-order valence-electron chi connectivity index (χ4n) is 2.61. The van der Waals surface area contributed by atoms with Gasteiger partial charge in [-0.05, 0) is 50.4 Å². The predicted octanol–water partition coefficient (Wildman–Crippen LogP) is 3.58. The number of rotatable bonds is 2. The molecule has 1 fully saturated rings. The number of nitrogens with zero attached hydrogens (tertiary/aromatic N) is 1. The Morgan fingerprint density at radius 2 is 1.88 bits per heavy atom. The molecule has 0 aromatic heterocycles. The summed E-state index contributed by atoms with van der Waals surface area (Å²) in [5.41, 5.74) is 5.77. The average molecular weight is 282 g/mol. The van der Waals surface area contributed by atoms with Gasteiger partial charge < -0.3 is 0 Å². The number of aryl methyl sites for hydroxylation is 3. The maximum atomic E-state index is 3.70. The number of hydrogen-bond acceptors (Lipinski definition) is 1. The van der Waals surface area contributed by atoms with Gasteiger partial charge in [-0.1, -0.05) is 33.6 Å². The lowest BCUT2D eigenvalue weighted by molar-refractivity contribution is 0.331. The summed E-state index contributed by atoms with van der Waals surface area (Å²) in [6.07, 6.45) is 1.28. The van der Waals surface area contributed by atoms with Gasteiger partial charge in [0.25, 0.3) is 0 Å². The van der Waals surface area contributed by atoms with Crippen molar-refractivity contribution < 1.29 is 0 Å². The average Bonchev–Trinajstić information content (AvgIpc) is 2.58. The van der Waals surface area contributed by atoms with Crippen molar-refractivity contribution in [3.63, 3.8) is 0 Å². The van der Waals surface area contributed by atoms with E-state index in [1.807, 2.05) is 0 Å². The Bertz CT molecular complexity index is 363. The highest BCUT2D eigenvalue weighted by molar-refractivity contribution is 9.09. The van der Waals surface area contributed by atoms with Crippen LogP contribution in [-0.4, -0.2) is 22.8 Å². The van der Waals surface area contributed by atoms with Crippen molar-refractivity contribution in [2.24, 2.45) is 0 Å². The molecule has 1 atom stereocenters. The minimum atomic E-state index is 0.693. The van der Waals surface area contributed by atoms with Crippen LogP contribution in [0.4, 0.5) is 0 Å². The molecule has 0 bridgehead atoms. The topological polar surface area (TPSA) is 3.24 Å². The molecule has 0 amide bonds. The maximum absolute atomic E-state index is 3.70. The Kier molecular flexibility index (Phi) is 3.70. The second kappa shape index (κ2) is 4.89. The highest BCUT2D eigenvalue weighted by atomic mass is 79.9. The number of hydrogen-bond donors (Lipinski definition) is 0. The van der Waals surface area contributed by atoms with E-state index >= 15 is 0 Å². The molecular weight excluding hydrogens is 262 g/mol. The molecule has 2 rings (SSSR count). The van der Waals surface area contributed by atoms with Crippen LogP contribution in [0.25, 0.3) is 0 Å². The predicted molar refractivity (Wildman–Crippen MR) is 73.3 cm³/mol. The van der Waals surface area contributed by atoms with Crippen LogP contribution in [0.1, 0.15) is 28.7 Å². The third-order valence-corrected chi connectivity index (χ3v) is 4.18. The first kappa shape index (κ1) is 12.1. The molecular formula is C14H20BrN. The minimum absolute atomic E-state index is 0.693. The van der Waals surface area contributed by atoms with Gasteiger partial charge in [-0.3, -0.25) is 4.90 Å². The number of alkyl halides is 1. The van der Waals surface area contributed by atoms with Crippen LogP contribution in [0.5, 0.6) is 0 Å². The molecule has 1 heterocycles. The van der Waals surface area contributed by atoms with E-state index in [4.69, 9.17) is 0 Å². The molecule has 1 aromatic carbocycles. The summed E-state index contributed by atoms with van der Waals surface area (Å²) in [4.78, 5) is 3.24. The van der Waals surface area contributed by atoms with Gasteiger partial charge in [0.15, 0.2) is 0 Å². The quantitative estimate of drug-likeness (QED) is 0.749. The Hall–Kier alpha value is -0.340. The van der Waals surface area contributed by atoms with Crippen molar-refractivity contribution in [3.05, 3.63) is 34.4 Å². The second-order valence-corrected chi connectivity index (χ2v) is 6.29. The third kappa shape index (κ3) is 2.67. The standard InChI is InChI=1S/C14H20BrN/c1-10-6-11(2)14(12(3)7-10)9-16-5-4-13(15)8-16/h6-7,13H,4-5,8-9H2,1-3H3. The molecule has 1 aliphatic heterocycles. The zero-order chi connectivity index (χ0) is 11.7. The monoisotopic (exact) mass is 281 g/mol. The zero-order valence-corrected chi connectivity index (χ0v) is 12.0. The number of likely N-dealkylation sites (tertiary alicyclic amines) is 1. The third-order valence-electron chi connectivity index (χ3n) is 3.44. The normalized spacial score (nSPS) is 21.6. The lowest BCUT2D eigenvalue weighted by atomic mass is 9.99. The van der Waals surface area contributed by atoms with Gasteiger partial charge in [-0.2, -0.15) is 0 Å².